The van der Waals surface area contributed by atoms with Gasteiger partial charge in [-0.1, -0.05) is 6.07 Å². The molecule has 1 fully saturated rings. The van der Waals surface area contributed by atoms with Crippen molar-refractivity contribution in [2.24, 2.45) is 5.73 Å². The molecule has 100 valence electrons. The first-order valence-corrected chi connectivity index (χ1v) is 7.62. The van der Waals surface area contributed by atoms with E-state index in [4.69, 9.17) is 5.73 Å². The molecular formula is C13H20N2O2S. The third-order valence-electron chi connectivity index (χ3n) is 3.84. The summed E-state index contributed by atoms with van der Waals surface area (Å²) in [6.45, 7) is 6.28. The molecule has 0 spiro atoms. The van der Waals surface area contributed by atoms with E-state index in [9.17, 15) is 8.42 Å². The van der Waals surface area contributed by atoms with Crippen LogP contribution in [0.5, 0.6) is 0 Å². The molecule has 1 heterocycles. The van der Waals surface area contributed by atoms with Crippen LogP contribution in [0.15, 0.2) is 23.1 Å². The van der Waals surface area contributed by atoms with Crippen molar-refractivity contribution >= 4 is 10.0 Å². The van der Waals surface area contributed by atoms with Gasteiger partial charge in [0.25, 0.3) is 0 Å². The van der Waals surface area contributed by atoms with E-state index in [1.807, 2.05) is 26.8 Å². The number of hydrogen-bond donors (Lipinski definition) is 1. The zero-order valence-corrected chi connectivity index (χ0v) is 11.9. The lowest BCUT2D eigenvalue weighted by molar-refractivity contribution is 0.393. The lowest BCUT2D eigenvalue weighted by atomic mass is 10.1. The van der Waals surface area contributed by atoms with Crippen LogP contribution in [-0.4, -0.2) is 31.4 Å². The Hall–Kier alpha value is -0.910. The van der Waals surface area contributed by atoms with Crippen molar-refractivity contribution in [3.8, 4) is 0 Å². The van der Waals surface area contributed by atoms with Crippen molar-refractivity contribution in [3.63, 3.8) is 0 Å². The molecule has 0 aromatic heterocycles. The lowest BCUT2D eigenvalue weighted by Gasteiger charge is -2.23. The Kier molecular flexibility index (Phi) is 3.49. The molecule has 1 aliphatic heterocycles. The zero-order chi connectivity index (χ0) is 13.5. The Labute approximate surface area is 109 Å². The monoisotopic (exact) mass is 268 g/mol. The van der Waals surface area contributed by atoms with Crippen LogP contribution in [0.2, 0.25) is 0 Å². The van der Waals surface area contributed by atoms with E-state index < -0.39 is 10.0 Å². The number of benzene rings is 1. The fourth-order valence-corrected chi connectivity index (χ4v) is 4.06. The molecule has 0 bridgehead atoms. The van der Waals surface area contributed by atoms with Crippen molar-refractivity contribution in [1.82, 2.24) is 4.31 Å². The van der Waals surface area contributed by atoms with Crippen molar-refractivity contribution in [2.45, 2.75) is 44.2 Å². The van der Waals surface area contributed by atoms with Crippen LogP contribution in [0.25, 0.3) is 0 Å². The van der Waals surface area contributed by atoms with Gasteiger partial charge in [0.05, 0.1) is 4.90 Å². The number of rotatable bonds is 2. The van der Waals surface area contributed by atoms with Crippen molar-refractivity contribution in [1.29, 1.82) is 0 Å². The number of nitrogens with zero attached hydrogens (tertiary/aromatic N) is 1. The van der Waals surface area contributed by atoms with Gasteiger partial charge in [-0.05, 0) is 50.5 Å². The van der Waals surface area contributed by atoms with Crippen LogP contribution >= 0.6 is 0 Å². The maximum atomic E-state index is 12.5. The van der Waals surface area contributed by atoms with Crippen molar-refractivity contribution < 1.29 is 8.42 Å². The number of hydrogen-bond acceptors (Lipinski definition) is 3. The third-order valence-corrected chi connectivity index (χ3v) is 5.82. The largest absolute Gasteiger partial charge is 0.326 e. The van der Waals surface area contributed by atoms with Crippen molar-refractivity contribution in [3.05, 3.63) is 29.3 Å². The normalized spacial score (nSPS) is 25.6. The minimum atomic E-state index is -3.41. The molecular weight excluding hydrogens is 248 g/mol. The summed E-state index contributed by atoms with van der Waals surface area (Å²) in [6, 6.07) is 5.07. The van der Waals surface area contributed by atoms with Gasteiger partial charge in [-0.25, -0.2) is 8.42 Å². The number of nitrogens with two attached hydrogens (primary N) is 1. The standard InChI is InChI=1S/C13H20N2O2S/c1-9-4-5-12(8-10(9)2)18(16,17)15-7-6-13(14)11(15)3/h4-5,8,11,13H,6-7,14H2,1-3H3. The minimum Gasteiger partial charge on any atom is -0.326 e. The Morgan fingerprint density at radius 1 is 1.28 bits per heavy atom. The molecule has 4 nitrogen and oxygen atoms in total. The fourth-order valence-electron chi connectivity index (χ4n) is 2.28. The van der Waals surface area contributed by atoms with Crippen LogP contribution in [0.3, 0.4) is 0 Å². The third kappa shape index (κ3) is 2.18. The van der Waals surface area contributed by atoms with Gasteiger partial charge in [0.1, 0.15) is 0 Å². The highest BCUT2D eigenvalue weighted by molar-refractivity contribution is 7.89. The molecule has 2 atom stereocenters. The fraction of sp³-hybridized carbons (Fsp3) is 0.538. The van der Waals surface area contributed by atoms with Gasteiger partial charge in [0, 0.05) is 18.6 Å². The Balaban J connectivity index is 2.39. The highest BCUT2D eigenvalue weighted by Crippen LogP contribution is 2.26. The second kappa shape index (κ2) is 4.64. The molecule has 1 aromatic rings. The van der Waals surface area contributed by atoms with E-state index in [1.165, 1.54) is 4.31 Å². The van der Waals surface area contributed by atoms with Gasteiger partial charge >= 0.3 is 0 Å². The van der Waals surface area contributed by atoms with Gasteiger partial charge in [-0.2, -0.15) is 4.31 Å². The predicted molar refractivity (Wildman–Crippen MR) is 71.9 cm³/mol. The first kappa shape index (κ1) is 13.5. The van der Waals surface area contributed by atoms with Crippen LogP contribution < -0.4 is 5.73 Å². The first-order chi connectivity index (χ1) is 8.34. The average Bonchev–Trinajstić information content (AvgIpc) is 2.64. The maximum absolute atomic E-state index is 12.5. The van der Waals surface area contributed by atoms with Crippen LogP contribution in [0.1, 0.15) is 24.5 Å². The number of aryl methyl sites for hydroxylation is 2. The molecule has 1 aromatic carbocycles. The van der Waals surface area contributed by atoms with E-state index >= 15 is 0 Å². The van der Waals surface area contributed by atoms with Crippen LogP contribution in [0.4, 0.5) is 0 Å². The van der Waals surface area contributed by atoms with Crippen LogP contribution in [-0.2, 0) is 10.0 Å². The molecule has 0 saturated carbocycles. The van der Waals surface area contributed by atoms with Gasteiger partial charge in [-0.15, -0.1) is 0 Å². The summed E-state index contributed by atoms with van der Waals surface area (Å²) in [6.07, 6.45) is 0.727. The topological polar surface area (TPSA) is 63.4 Å². The quantitative estimate of drug-likeness (QED) is 0.882. The second-order valence-electron chi connectivity index (χ2n) is 5.05. The second-order valence-corrected chi connectivity index (χ2v) is 6.95. The van der Waals surface area contributed by atoms with Crippen molar-refractivity contribution in [2.75, 3.05) is 6.54 Å². The Morgan fingerprint density at radius 2 is 1.94 bits per heavy atom. The highest BCUT2D eigenvalue weighted by atomic mass is 32.2. The molecule has 1 saturated heterocycles. The molecule has 1 aliphatic rings. The highest BCUT2D eigenvalue weighted by Gasteiger charge is 2.37. The van der Waals surface area contributed by atoms with E-state index in [1.54, 1.807) is 12.1 Å². The number of sulfonamides is 1. The summed E-state index contributed by atoms with van der Waals surface area (Å²) in [4.78, 5) is 0.367. The maximum Gasteiger partial charge on any atom is 0.243 e. The predicted octanol–water partition coefficient (Wildman–Crippen LogP) is 1.41. The molecule has 2 N–H and O–H groups in total. The molecule has 2 unspecified atom stereocenters. The first-order valence-electron chi connectivity index (χ1n) is 6.18. The lowest BCUT2D eigenvalue weighted by Crippen LogP contribution is -2.40. The Bertz CT molecular complexity index is 554. The SMILES string of the molecule is Cc1ccc(S(=O)(=O)N2CCC(N)C2C)cc1C. The van der Waals surface area contributed by atoms with Gasteiger partial charge in [0.15, 0.2) is 0 Å². The van der Waals surface area contributed by atoms with E-state index in [0.717, 1.165) is 17.5 Å². The smallest absolute Gasteiger partial charge is 0.243 e. The summed E-state index contributed by atoms with van der Waals surface area (Å²) < 4.78 is 26.6. The summed E-state index contributed by atoms with van der Waals surface area (Å²) >= 11 is 0. The molecule has 18 heavy (non-hydrogen) atoms. The summed E-state index contributed by atoms with van der Waals surface area (Å²) in [5.74, 6) is 0. The summed E-state index contributed by atoms with van der Waals surface area (Å²) in [5, 5.41) is 0. The molecule has 0 aliphatic carbocycles. The Morgan fingerprint density at radius 3 is 2.44 bits per heavy atom. The molecule has 0 amide bonds. The van der Waals surface area contributed by atoms with E-state index in [0.29, 0.717) is 11.4 Å². The summed E-state index contributed by atoms with van der Waals surface area (Å²) in [5.41, 5.74) is 7.98. The molecule has 0 radical (unpaired) electrons. The molecule has 5 heteroatoms. The van der Waals surface area contributed by atoms with Crippen LogP contribution in [0, 0.1) is 13.8 Å². The van der Waals surface area contributed by atoms with Gasteiger partial charge in [-0.3, -0.25) is 0 Å². The van der Waals surface area contributed by atoms with E-state index in [2.05, 4.69) is 0 Å². The minimum absolute atomic E-state index is 0.0636. The summed E-state index contributed by atoms with van der Waals surface area (Å²) in [7, 11) is -3.41. The average molecular weight is 268 g/mol. The van der Waals surface area contributed by atoms with E-state index in [-0.39, 0.29) is 12.1 Å². The van der Waals surface area contributed by atoms with Gasteiger partial charge < -0.3 is 5.73 Å². The molecule has 2 rings (SSSR count). The van der Waals surface area contributed by atoms with Gasteiger partial charge in [0.2, 0.25) is 10.0 Å². The zero-order valence-electron chi connectivity index (χ0n) is 11.1.